The van der Waals surface area contributed by atoms with Crippen molar-refractivity contribution in [2.45, 2.75) is 51.6 Å². The van der Waals surface area contributed by atoms with E-state index < -0.39 is 0 Å². The first-order valence-corrected chi connectivity index (χ1v) is 14.3. The number of fused-ring (bicyclic) bond motifs is 5. The predicted octanol–water partition coefficient (Wildman–Crippen LogP) is 2.21. The Hall–Kier alpha value is -4.00. The highest BCUT2D eigenvalue weighted by Gasteiger charge is 2.33. The summed E-state index contributed by atoms with van der Waals surface area (Å²) in [6, 6.07) is 12.2. The molecular formula is C30H38N6O6. The number of nitrogens with one attached hydrogen (secondary N) is 1. The third-order valence-electron chi connectivity index (χ3n) is 7.55. The Morgan fingerprint density at radius 1 is 1.19 bits per heavy atom. The minimum Gasteiger partial charge on any atom is -0.493 e. The Morgan fingerprint density at radius 2 is 2.07 bits per heavy atom. The molecule has 12 heteroatoms. The van der Waals surface area contributed by atoms with E-state index in [0.717, 1.165) is 24.5 Å². The van der Waals surface area contributed by atoms with Crippen molar-refractivity contribution < 1.29 is 28.9 Å². The molecule has 0 unspecified atom stereocenters. The van der Waals surface area contributed by atoms with E-state index in [0.29, 0.717) is 55.4 Å². The van der Waals surface area contributed by atoms with E-state index in [-0.39, 0.29) is 43.7 Å². The second kappa shape index (κ2) is 13.8. The third-order valence-corrected chi connectivity index (χ3v) is 7.55. The highest BCUT2D eigenvalue weighted by molar-refractivity contribution is 5.97. The average molecular weight is 579 g/mol. The molecule has 3 heterocycles. The summed E-state index contributed by atoms with van der Waals surface area (Å²) in [4.78, 5) is 35.1. The summed E-state index contributed by atoms with van der Waals surface area (Å²) < 4.78 is 19.9. The smallest absolute Gasteiger partial charge is 0.254 e. The van der Waals surface area contributed by atoms with Crippen molar-refractivity contribution in [3.8, 4) is 17.2 Å². The Balaban J connectivity index is 1.43. The molecule has 12 nitrogen and oxygen atoms in total. The van der Waals surface area contributed by atoms with Crippen molar-refractivity contribution in [2.75, 3.05) is 39.9 Å². The number of nitrogens with zero attached hydrogens (tertiary/aromatic N) is 5. The predicted molar refractivity (Wildman–Crippen MR) is 153 cm³/mol. The third kappa shape index (κ3) is 7.07. The number of carbonyl (C=O) groups is 2. The average Bonchev–Trinajstić information content (AvgIpc) is 3.45. The lowest BCUT2D eigenvalue weighted by molar-refractivity contribution is -0.125. The van der Waals surface area contributed by atoms with E-state index in [1.807, 2.05) is 35.9 Å². The van der Waals surface area contributed by atoms with E-state index in [4.69, 9.17) is 14.2 Å². The van der Waals surface area contributed by atoms with Gasteiger partial charge in [-0.25, -0.2) is 9.67 Å². The molecule has 2 aromatic carbocycles. The quantitative estimate of drug-likeness (QED) is 0.433. The van der Waals surface area contributed by atoms with Gasteiger partial charge in [-0.3, -0.25) is 14.5 Å². The Bertz CT molecular complexity index is 1380. The molecule has 0 spiro atoms. The molecule has 1 fully saturated rings. The number of amides is 2. The summed E-state index contributed by atoms with van der Waals surface area (Å²) in [6.45, 7) is 4.99. The van der Waals surface area contributed by atoms with Crippen LogP contribution in [0.5, 0.6) is 17.2 Å². The molecule has 42 heavy (non-hydrogen) atoms. The van der Waals surface area contributed by atoms with Crippen LogP contribution in [0.1, 0.15) is 41.5 Å². The number of aliphatic hydroxyl groups excluding tert-OH is 1. The molecule has 2 amide bonds. The minimum atomic E-state index is -0.344. The van der Waals surface area contributed by atoms with Crippen LogP contribution in [-0.4, -0.2) is 93.5 Å². The zero-order valence-corrected chi connectivity index (χ0v) is 24.1. The number of ether oxygens (including phenoxy) is 3. The van der Waals surface area contributed by atoms with Crippen LogP contribution in [0.25, 0.3) is 0 Å². The molecule has 5 rings (SSSR count). The number of aliphatic hydroxyl groups is 1. The van der Waals surface area contributed by atoms with Gasteiger partial charge in [0.25, 0.3) is 5.91 Å². The second-order valence-corrected chi connectivity index (χ2v) is 10.5. The van der Waals surface area contributed by atoms with Gasteiger partial charge in [0.1, 0.15) is 17.9 Å². The molecule has 3 aromatic rings. The number of likely N-dealkylation sites (tertiary alicyclic amines) is 1. The summed E-state index contributed by atoms with van der Waals surface area (Å²) in [7, 11) is 1.54. The number of aryl methyl sites for hydroxylation is 1. The molecule has 0 saturated carbocycles. The lowest BCUT2D eigenvalue weighted by atomic mass is 10.0. The lowest BCUT2D eigenvalue weighted by Crippen LogP contribution is -2.57. The molecular weight excluding hydrogens is 540 g/mol. The van der Waals surface area contributed by atoms with Gasteiger partial charge < -0.3 is 29.5 Å². The van der Waals surface area contributed by atoms with Crippen molar-refractivity contribution >= 4 is 11.8 Å². The number of aromatic nitrogens is 3. The first kappa shape index (κ1) is 29.5. The van der Waals surface area contributed by atoms with Crippen molar-refractivity contribution in [3.63, 3.8) is 0 Å². The number of hydrogen-bond acceptors (Lipinski definition) is 9. The highest BCUT2D eigenvalue weighted by Crippen LogP contribution is 2.33. The van der Waals surface area contributed by atoms with Gasteiger partial charge in [0.2, 0.25) is 5.91 Å². The molecule has 224 valence electrons. The van der Waals surface area contributed by atoms with Crippen LogP contribution in [0.3, 0.4) is 0 Å². The van der Waals surface area contributed by atoms with Gasteiger partial charge in [0.05, 0.1) is 39.0 Å². The molecule has 2 N–H and O–H groups in total. The van der Waals surface area contributed by atoms with Crippen LogP contribution in [-0.2, 0) is 29.2 Å². The van der Waals surface area contributed by atoms with Gasteiger partial charge in [-0.1, -0.05) is 12.1 Å². The molecule has 1 aromatic heterocycles. The zero-order valence-electron chi connectivity index (χ0n) is 24.1. The second-order valence-electron chi connectivity index (χ2n) is 10.5. The fourth-order valence-electron chi connectivity index (χ4n) is 5.40. The van der Waals surface area contributed by atoms with Crippen LogP contribution < -0.4 is 14.8 Å². The summed E-state index contributed by atoms with van der Waals surface area (Å²) >= 11 is 0. The molecule has 0 aliphatic carbocycles. The molecule has 1 saturated heterocycles. The van der Waals surface area contributed by atoms with Crippen LogP contribution in [0.2, 0.25) is 0 Å². The maximum absolute atomic E-state index is 13.6. The first-order chi connectivity index (χ1) is 20.5. The highest BCUT2D eigenvalue weighted by atomic mass is 16.5. The van der Waals surface area contributed by atoms with Crippen molar-refractivity contribution in [3.05, 3.63) is 65.7 Å². The Kier molecular flexibility index (Phi) is 9.67. The van der Waals surface area contributed by atoms with Gasteiger partial charge in [0, 0.05) is 38.3 Å². The molecule has 4 bridgehead atoms. The topological polar surface area (TPSA) is 131 Å². The van der Waals surface area contributed by atoms with Gasteiger partial charge in [-0.2, -0.15) is 5.10 Å². The van der Waals surface area contributed by atoms with E-state index in [2.05, 4.69) is 20.3 Å². The minimum absolute atomic E-state index is 0.103. The fraction of sp³-hybridized carbons (Fsp3) is 0.467. The van der Waals surface area contributed by atoms with Gasteiger partial charge in [-0.05, 0) is 55.7 Å². The maximum Gasteiger partial charge on any atom is 0.254 e. The van der Waals surface area contributed by atoms with Crippen LogP contribution in [0.4, 0.5) is 0 Å². The Labute approximate surface area is 245 Å². The molecule has 2 atom stereocenters. The number of carbonyl (C=O) groups excluding carboxylic acids is 2. The van der Waals surface area contributed by atoms with Crippen molar-refractivity contribution in [2.24, 2.45) is 0 Å². The zero-order chi connectivity index (χ0) is 29.5. The summed E-state index contributed by atoms with van der Waals surface area (Å²) in [5.74, 6) is 1.67. The fourth-order valence-corrected chi connectivity index (χ4v) is 5.40. The molecule has 0 radical (unpaired) electrons. The van der Waals surface area contributed by atoms with Gasteiger partial charge in [0.15, 0.2) is 11.5 Å². The number of methoxy groups -OCH3 is 1. The van der Waals surface area contributed by atoms with Crippen molar-refractivity contribution in [1.82, 2.24) is 29.9 Å². The summed E-state index contributed by atoms with van der Waals surface area (Å²) in [5.41, 5.74) is 1.27. The first-order valence-electron chi connectivity index (χ1n) is 14.3. The van der Waals surface area contributed by atoms with Crippen LogP contribution in [0, 0.1) is 0 Å². The molecule has 2 aliphatic heterocycles. The van der Waals surface area contributed by atoms with Gasteiger partial charge >= 0.3 is 0 Å². The van der Waals surface area contributed by atoms with E-state index in [9.17, 15) is 14.7 Å². The Morgan fingerprint density at radius 3 is 2.88 bits per heavy atom. The van der Waals surface area contributed by atoms with Gasteiger partial charge in [-0.15, -0.1) is 0 Å². The number of benzene rings is 2. The van der Waals surface area contributed by atoms with Crippen LogP contribution >= 0.6 is 0 Å². The number of hydrogen-bond donors (Lipinski definition) is 2. The summed E-state index contributed by atoms with van der Waals surface area (Å²) in [5, 5.41) is 16.9. The summed E-state index contributed by atoms with van der Waals surface area (Å²) in [6.07, 6.45) is 2.37. The molecule has 2 aliphatic rings. The number of piperidine rings is 1. The number of rotatable bonds is 7. The van der Waals surface area contributed by atoms with E-state index in [1.54, 1.807) is 24.5 Å². The largest absolute Gasteiger partial charge is 0.493 e. The monoisotopic (exact) mass is 578 g/mol. The van der Waals surface area contributed by atoms with Crippen molar-refractivity contribution in [1.29, 1.82) is 0 Å². The van der Waals surface area contributed by atoms with Crippen LogP contribution in [0.15, 0.2) is 48.8 Å². The van der Waals surface area contributed by atoms with E-state index in [1.165, 1.54) is 12.0 Å². The standard InChI is InChI=1S/C30H38N6O6/c1-3-36-28(31-20-32-36)17-34-12-10-25-24(16-34)33-29(38)18-35(11-5-13-37)30(39)22-8-9-26(40-2)27(15-22)42-23-7-4-6-21(14-23)19-41-25/h4,6-9,14-15,20,24-25,37H,3,5,10-13,16-19H2,1-2H3,(H,33,38)/t24-,25-/m0/s1. The maximum atomic E-state index is 13.6. The van der Waals surface area contributed by atoms with E-state index >= 15 is 0 Å². The normalized spacial score (nSPS) is 20.0. The SMILES string of the molecule is CCn1ncnc1CN1CC[C@@H]2OCc3cccc(c3)Oc3cc(ccc3OC)C(=O)N(CCCO)CC(=O)N[C@H]2C1. The lowest BCUT2D eigenvalue weighted by Gasteiger charge is -2.39.